The molecule has 0 aliphatic carbocycles. The quantitative estimate of drug-likeness (QED) is 0.563. The number of esters is 1. The Hall–Kier alpha value is -2.33. The van der Waals surface area contributed by atoms with Gasteiger partial charge in [0.2, 0.25) is 15.9 Å². The fourth-order valence-electron chi connectivity index (χ4n) is 4.32. The summed E-state index contributed by atoms with van der Waals surface area (Å²) in [6, 6.07) is 4.53. The fourth-order valence-corrected chi connectivity index (χ4v) is 5.81. The van der Waals surface area contributed by atoms with Crippen LogP contribution in [-0.2, 0) is 24.3 Å². The lowest BCUT2D eigenvalue weighted by molar-refractivity contribution is -0.152. The number of hydrogen-bond donors (Lipinski definition) is 0. The second-order valence-electron chi connectivity index (χ2n) is 8.05. The monoisotopic (exact) mass is 468 g/mol. The van der Waals surface area contributed by atoms with Crippen LogP contribution >= 0.6 is 0 Å². The summed E-state index contributed by atoms with van der Waals surface area (Å²) in [6.07, 6.45) is 2.17. The number of methoxy groups -OCH3 is 2. The zero-order chi connectivity index (χ0) is 23.3. The largest absolute Gasteiger partial charge is 0.493 e. The number of nitrogens with zero attached hydrogens (tertiary/aromatic N) is 2. The normalized spacial score (nSPS) is 18.9. The number of hydrogen-bond acceptors (Lipinski definition) is 7. The predicted molar refractivity (Wildman–Crippen MR) is 117 cm³/mol. The zero-order valence-corrected chi connectivity index (χ0v) is 19.7. The summed E-state index contributed by atoms with van der Waals surface area (Å²) >= 11 is 0. The third kappa shape index (κ3) is 5.17. The number of carbonyl (C=O) groups excluding carboxylic acids is 2. The smallest absolute Gasteiger partial charge is 0.309 e. The number of carbonyl (C=O) groups is 2. The Morgan fingerprint density at radius 1 is 0.938 bits per heavy atom. The van der Waals surface area contributed by atoms with E-state index in [1.54, 1.807) is 17.9 Å². The van der Waals surface area contributed by atoms with Crippen LogP contribution in [0, 0.1) is 11.8 Å². The van der Waals surface area contributed by atoms with Gasteiger partial charge in [-0.25, -0.2) is 8.42 Å². The minimum absolute atomic E-state index is 0.0514. The van der Waals surface area contributed by atoms with Gasteiger partial charge in [0, 0.05) is 38.2 Å². The van der Waals surface area contributed by atoms with Gasteiger partial charge in [-0.1, -0.05) is 0 Å². The number of ether oxygens (including phenoxy) is 3. The molecule has 0 aromatic heterocycles. The van der Waals surface area contributed by atoms with Gasteiger partial charge in [0.15, 0.2) is 11.5 Å². The molecule has 0 atom stereocenters. The molecule has 3 rings (SSSR count). The first-order chi connectivity index (χ1) is 15.3. The Morgan fingerprint density at radius 3 is 2.09 bits per heavy atom. The van der Waals surface area contributed by atoms with E-state index in [1.165, 1.54) is 30.7 Å². The lowest BCUT2D eigenvalue weighted by Gasteiger charge is -2.36. The molecule has 0 spiro atoms. The van der Waals surface area contributed by atoms with Crippen molar-refractivity contribution in [1.29, 1.82) is 0 Å². The van der Waals surface area contributed by atoms with Crippen molar-refractivity contribution < 1.29 is 32.2 Å². The standard InChI is InChI=1S/C22H32N2O7S/c1-4-31-22(26)17-7-11-23(12-8-17)21(25)16-9-13-24(14-10-16)32(27,28)18-5-6-19(29-2)20(15-18)30-3/h5-6,15-17H,4,7-14H2,1-3H3. The lowest BCUT2D eigenvalue weighted by atomic mass is 9.92. The minimum Gasteiger partial charge on any atom is -0.493 e. The van der Waals surface area contributed by atoms with Crippen molar-refractivity contribution in [2.24, 2.45) is 11.8 Å². The summed E-state index contributed by atoms with van der Waals surface area (Å²) in [5.74, 6) is 0.328. The molecule has 10 heteroatoms. The number of amides is 1. The Morgan fingerprint density at radius 2 is 1.53 bits per heavy atom. The molecule has 2 aliphatic heterocycles. The number of likely N-dealkylation sites (tertiary alicyclic amines) is 1. The zero-order valence-electron chi connectivity index (χ0n) is 18.9. The molecule has 0 bridgehead atoms. The molecule has 9 nitrogen and oxygen atoms in total. The van der Waals surface area contributed by atoms with Crippen molar-refractivity contribution >= 4 is 21.9 Å². The van der Waals surface area contributed by atoms with Crippen molar-refractivity contribution in [1.82, 2.24) is 9.21 Å². The maximum Gasteiger partial charge on any atom is 0.309 e. The van der Waals surface area contributed by atoms with E-state index in [9.17, 15) is 18.0 Å². The van der Waals surface area contributed by atoms with Crippen LogP contribution in [0.5, 0.6) is 11.5 Å². The summed E-state index contributed by atoms with van der Waals surface area (Å²) in [5, 5.41) is 0. The van der Waals surface area contributed by atoms with Crippen LogP contribution in [0.1, 0.15) is 32.6 Å². The molecule has 2 fully saturated rings. The van der Waals surface area contributed by atoms with Crippen molar-refractivity contribution in [2.45, 2.75) is 37.5 Å². The van der Waals surface area contributed by atoms with Gasteiger partial charge in [0.25, 0.3) is 0 Å². The molecular weight excluding hydrogens is 436 g/mol. The molecule has 2 aliphatic rings. The van der Waals surface area contributed by atoms with Gasteiger partial charge in [-0.15, -0.1) is 0 Å². The van der Waals surface area contributed by atoms with E-state index in [0.29, 0.717) is 56.9 Å². The Kier molecular flexibility index (Phi) is 8.00. The molecule has 1 aromatic carbocycles. The van der Waals surface area contributed by atoms with E-state index in [-0.39, 0.29) is 41.7 Å². The van der Waals surface area contributed by atoms with Crippen LogP contribution in [0.15, 0.2) is 23.1 Å². The Labute approximate surface area is 189 Å². The highest BCUT2D eigenvalue weighted by Crippen LogP contribution is 2.32. The highest BCUT2D eigenvalue weighted by Gasteiger charge is 2.36. The maximum atomic E-state index is 13.1. The van der Waals surface area contributed by atoms with E-state index in [1.807, 2.05) is 0 Å². The van der Waals surface area contributed by atoms with Crippen molar-refractivity contribution in [3.05, 3.63) is 18.2 Å². The fraction of sp³-hybridized carbons (Fsp3) is 0.636. The summed E-state index contributed by atoms with van der Waals surface area (Å²) < 4.78 is 43.1. The average molecular weight is 469 g/mol. The highest BCUT2D eigenvalue weighted by atomic mass is 32.2. The van der Waals surface area contributed by atoms with Crippen molar-refractivity contribution in [3.8, 4) is 11.5 Å². The molecule has 2 heterocycles. The average Bonchev–Trinajstić information content (AvgIpc) is 2.83. The van der Waals surface area contributed by atoms with E-state index in [4.69, 9.17) is 14.2 Å². The minimum atomic E-state index is -3.69. The van der Waals surface area contributed by atoms with Crippen LogP contribution in [0.4, 0.5) is 0 Å². The van der Waals surface area contributed by atoms with Crippen molar-refractivity contribution in [2.75, 3.05) is 47.0 Å². The second kappa shape index (κ2) is 10.5. The number of piperidine rings is 2. The molecule has 0 radical (unpaired) electrons. The molecule has 0 unspecified atom stereocenters. The topological polar surface area (TPSA) is 102 Å². The molecule has 2 saturated heterocycles. The molecule has 32 heavy (non-hydrogen) atoms. The van der Waals surface area contributed by atoms with Gasteiger partial charge in [-0.05, 0) is 44.7 Å². The van der Waals surface area contributed by atoms with Gasteiger partial charge in [-0.2, -0.15) is 4.31 Å². The molecule has 178 valence electrons. The van der Waals surface area contributed by atoms with Gasteiger partial charge in [0.05, 0.1) is 31.6 Å². The van der Waals surface area contributed by atoms with Gasteiger partial charge in [0.1, 0.15) is 0 Å². The van der Waals surface area contributed by atoms with E-state index in [0.717, 1.165) is 0 Å². The third-order valence-electron chi connectivity index (χ3n) is 6.22. The van der Waals surface area contributed by atoms with E-state index >= 15 is 0 Å². The van der Waals surface area contributed by atoms with Crippen LogP contribution in [-0.4, -0.2) is 76.5 Å². The number of sulfonamides is 1. The first-order valence-electron chi connectivity index (χ1n) is 11.0. The lowest BCUT2D eigenvalue weighted by Crippen LogP contribution is -2.47. The van der Waals surface area contributed by atoms with E-state index in [2.05, 4.69) is 0 Å². The highest BCUT2D eigenvalue weighted by molar-refractivity contribution is 7.89. The molecular formula is C22H32N2O7S. The van der Waals surface area contributed by atoms with Gasteiger partial charge >= 0.3 is 5.97 Å². The Balaban J connectivity index is 1.57. The third-order valence-corrected chi connectivity index (χ3v) is 8.12. The summed E-state index contributed by atoms with van der Waals surface area (Å²) in [4.78, 5) is 26.8. The first kappa shape index (κ1) is 24.3. The molecule has 1 aromatic rings. The van der Waals surface area contributed by atoms with Crippen molar-refractivity contribution in [3.63, 3.8) is 0 Å². The molecule has 0 saturated carbocycles. The van der Waals surface area contributed by atoms with Crippen LogP contribution in [0.2, 0.25) is 0 Å². The summed E-state index contributed by atoms with van der Waals surface area (Å²) in [6.45, 7) is 3.79. The number of rotatable bonds is 7. The van der Waals surface area contributed by atoms with Crippen LogP contribution < -0.4 is 9.47 Å². The Bertz CT molecular complexity index is 918. The molecule has 0 N–H and O–H groups in total. The second-order valence-corrected chi connectivity index (χ2v) is 9.98. The van der Waals surface area contributed by atoms with Gasteiger partial charge < -0.3 is 19.1 Å². The predicted octanol–water partition coefficient (Wildman–Crippen LogP) is 1.91. The van der Waals surface area contributed by atoms with E-state index < -0.39 is 10.0 Å². The summed E-state index contributed by atoms with van der Waals surface area (Å²) in [5.41, 5.74) is 0. The van der Waals surface area contributed by atoms with Crippen LogP contribution in [0.3, 0.4) is 0 Å². The number of benzene rings is 1. The van der Waals surface area contributed by atoms with Gasteiger partial charge in [-0.3, -0.25) is 9.59 Å². The van der Waals surface area contributed by atoms with Crippen LogP contribution in [0.25, 0.3) is 0 Å². The molecule has 1 amide bonds. The maximum absolute atomic E-state index is 13.1. The first-order valence-corrected chi connectivity index (χ1v) is 12.4. The SMILES string of the molecule is CCOC(=O)C1CCN(C(=O)C2CCN(S(=O)(=O)c3ccc(OC)c(OC)c3)CC2)CC1. The summed E-state index contributed by atoms with van der Waals surface area (Å²) in [7, 11) is -0.742.